The number of aromatic nitrogens is 3. The van der Waals surface area contributed by atoms with Gasteiger partial charge in [-0.3, -0.25) is 14.6 Å². The van der Waals surface area contributed by atoms with Gasteiger partial charge in [0.05, 0.1) is 42.5 Å². The highest BCUT2D eigenvalue weighted by atomic mass is 79.9. The minimum atomic E-state index is -0.279. The number of nitrogens with zero attached hydrogens (tertiary/aromatic N) is 3. The maximum atomic E-state index is 12.9. The van der Waals surface area contributed by atoms with Crippen molar-refractivity contribution in [2.45, 2.75) is 13.1 Å². The second-order valence-electron chi connectivity index (χ2n) is 6.80. The van der Waals surface area contributed by atoms with E-state index in [1.165, 1.54) is 4.68 Å². The molecule has 0 aliphatic rings. The van der Waals surface area contributed by atoms with Gasteiger partial charge in [-0.15, -0.1) is 0 Å². The third kappa shape index (κ3) is 4.49. The summed E-state index contributed by atoms with van der Waals surface area (Å²) in [5, 5.41) is 8.67. The van der Waals surface area contributed by atoms with E-state index in [1.807, 2.05) is 36.4 Å². The first-order valence-corrected chi connectivity index (χ1v) is 10.4. The van der Waals surface area contributed by atoms with Gasteiger partial charge in [-0.2, -0.15) is 5.10 Å². The van der Waals surface area contributed by atoms with Crippen LogP contribution in [0.2, 0.25) is 0 Å². The third-order valence-electron chi connectivity index (χ3n) is 4.82. The number of hydrogen-bond acceptors (Lipinski definition) is 5. The van der Waals surface area contributed by atoms with Gasteiger partial charge in [-0.1, -0.05) is 24.3 Å². The largest absolute Gasteiger partial charge is 0.497 e. The Balaban J connectivity index is 1.66. The Morgan fingerprint density at radius 1 is 1.10 bits per heavy atom. The Labute approximate surface area is 186 Å². The molecule has 0 radical (unpaired) electrons. The first-order chi connectivity index (χ1) is 15.1. The molecule has 156 valence electrons. The van der Waals surface area contributed by atoms with Gasteiger partial charge in [0.15, 0.2) is 0 Å². The number of hydrogen-bond donors (Lipinski definition) is 1. The molecule has 1 amide bonds. The molecule has 0 bridgehead atoms. The number of fused-ring (bicyclic) bond motifs is 1. The van der Waals surface area contributed by atoms with E-state index >= 15 is 0 Å². The van der Waals surface area contributed by atoms with E-state index in [2.05, 4.69) is 31.3 Å². The van der Waals surface area contributed by atoms with Crippen LogP contribution in [0.3, 0.4) is 0 Å². The first-order valence-electron chi connectivity index (χ1n) is 9.57. The van der Waals surface area contributed by atoms with E-state index in [0.717, 1.165) is 5.69 Å². The normalized spacial score (nSPS) is 10.8. The molecule has 0 aliphatic carbocycles. The fourth-order valence-corrected chi connectivity index (χ4v) is 3.68. The number of carbonyl (C=O) groups excluding carboxylic acids is 1. The number of halogens is 1. The lowest BCUT2D eigenvalue weighted by molar-refractivity contribution is 0.0949. The highest BCUT2D eigenvalue weighted by Gasteiger charge is 2.15. The van der Waals surface area contributed by atoms with Gasteiger partial charge < -0.3 is 10.1 Å². The minimum absolute atomic E-state index is 0.158. The zero-order chi connectivity index (χ0) is 21.8. The molecule has 0 saturated heterocycles. The Kier molecular flexibility index (Phi) is 6.08. The van der Waals surface area contributed by atoms with E-state index in [-0.39, 0.29) is 24.6 Å². The van der Waals surface area contributed by atoms with E-state index in [9.17, 15) is 9.59 Å². The highest BCUT2D eigenvalue weighted by molar-refractivity contribution is 9.10. The van der Waals surface area contributed by atoms with Gasteiger partial charge >= 0.3 is 0 Å². The van der Waals surface area contributed by atoms with Gasteiger partial charge in [-0.05, 0) is 52.3 Å². The van der Waals surface area contributed by atoms with Crippen LogP contribution < -0.4 is 15.6 Å². The Bertz CT molecular complexity index is 1310. The maximum Gasteiger partial charge on any atom is 0.275 e. The topological polar surface area (TPSA) is 86.1 Å². The Hall–Kier alpha value is -3.52. The minimum Gasteiger partial charge on any atom is -0.497 e. The SMILES string of the molecule is COc1ccc(Br)c(C(=O)NCc2nn(Cc3ccccn3)c(=O)c3ccccc23)c1. The molecular weight excluding hydrogens is 460 g/mol. The van der Waals surface area contributed by atoms with Crippen LogP contribution in [0.15, 0.2) is 76.1 Å². The molecule has 7 nitrogen and oxygen atoms in total. The molecule has 0 unspecified atom stereocenters. The molecular formula is C23H19BrN4O3. The lowest BCUT2D eigenvalue weighted by Gasteiger charge is -2.12. The number of carbonyl (C=O) groups is 1. The van der Waals surface area contributed by atoms with Gasteiger partial charge in [0, 0.05) is 16.1 Å². The molecule has 4 aromatic rings. The number of amides is 1. The number of benzene rings is 2. The van der Waals surface area contributed by atoms with Crippen molar-refractivity contribution in [3.05, 3.63) is 98.6 Å². The smallest absolute Gasteiger partial charge is 0.275 e. The molecule has 4 rings (SSSR count). The fraction of sp³-hybridized carbons (Fsp3) is 0.130. The van der Waals surface area contributed by atoms with Crippen molar-refractivity contribution in [3.63, 3.8) is 0 Å². The van der Waals surface area contributed by atoms with Crippen LogP contribution >= 0.6 is 15.9 Å². The molecule has 2 heterocycles. The average molecular weight is 479 g/mol. The van der Waals surface area contributed by atoms with E-state index in [4.69, 9.17) is 4.74 Å². The van der Waals surface area contributed by atoms with Crippen molar-refractivity contribution in [3.8, 4) is 5.75 Å². The quantitative estimate of drug-likeness (QED) is 0.457. The Morgan fingerprint density at radius 3 is 2.61 bits per heavy atom. The summed E-state index contributed by atoms with van der Waals surface area (Å²) in [6.07, 6.45) is 1.68. The summed E-state index contributed by atoms with van der Waals surface area (Å²) in [5.41, 5.74) is 1.57. The van der Waals surface area contributed by atoms with Gasteiger partial charge in [0.2, 0.25) is 0 Å². The molecule has 0 aliphatic heterocycles. The van der Waals surface area contributed by atoms with E-state index in [1.54, 1.807) is 37.6 Å². The van der Waals surface area contributed by atoms with Crippen LogP contribution in [0.25, 0.3) is 10.8 Å². The van der Waals surface area contributed by atoms with Crippen molar-refractivity contribution >= 4 is 32.6 Å². The summed E-state index contributed by atoms with van der Waals surface area (Å²) in [5.74, 6) is 0.306. The zero-order valence-electron chi connectivity index (χ0n) is 16.7. The summed E-state index contributed by atoms with van der Waals surface area (Å²) in [4.78, 5) is 30.0. The lowest BCUT2D eigenvalue weighted by atomic mass is 10.1. The number of ether oxygens (including phenoxy) is 1. The van der Waals surface area contributed by atoms with E-state index in [0.29, 0.717) is 32.3 Å². The third-order valence-corrected chi connectivity index (χ3v) is 5.51. The monoisotopic (exact) mass is 478 g/mol. The van der Waals surface area contributed by atoms with Crippen molar-refractivity contribution in [1.29, 1.82) is 0 Å². The second kappa shape index (κ2) is 9.09. The lowest BCUT2D eigenvalue weighted by Crippen LogP contribution is -2.29. The van der Waals surface area contributed by atoms with Crippen molar-refractivity contribution < 1.29 is 9.53 Å². The fourth-order valence-electron chi connectivity index (χ4n) is 3.25. The first kappa shape index (κ1) is 20.7. The summed E-state index contributed by atoms with van der Waals surface area (Å²) < 4.78 is 7.25. The number of rotatable bonds is 6. The van der Waals surface area contributed by atoms with Gasteiger partial charge in [0.25, 0.3) is 11.5 Å². The Morgan fingerprint density at radius 2 is 1.87 bits per heavy atom. The van der Waals surface area contributed by atoms with Crippen molar-refractivity contribution in [2.75, 3.05) is 7.11 Å². The summed E-state index contributed by atoms with van der Waals surface area (Å²) >= 11 is 3.40. The van der Waals surface area contributed by atoms with Crippen molar-refractivity contribution in [2.24, 2.45) is 0 Å². The number of nitrogens with one attached hydrogen (secondary N) is 1. The zero-order valence-corrected chi connectivity index (χ0v) is 18.3. The van der Waals surface area contributed by atoms with E-state index < -0.39 is 0 Å². The standard InChI is InChI=1S/C23H19BrN4O3/c1-31-16-9-10-20(24)19(12-16)22(29)26-13-21-17-7-2-3-8-18(17)23(30)28(27-21)14-15-6-4-5-11-25-15/h2-12H,13-14H2,1H3,(H,26,29). The number of pyridine rings is 1. The average Bonchev–Trinajstić information content (AvgIpc) is 2.81. The summed E-state index contributed by atoms with van der Waals surface area (Å²) in [6, 6.07) is 18.0. The molecule has 2 aromatic heterocycles. The summed E-state index contributed by atoms with van der Waals surface area (Å²) in [6.45, 7) is 0.401. The van der Waals surface area contributed by atoms with Crippen LogP contribution in [0, 0.1) is 0 Å². The van der Waals surface area contributed by atoms with Crippen LogP contribution in [0.5, 0.6) is 5.75 Å². The molecule has 31 heavy (non-hydrogen) atoms. The van der Waals surface area contributed by atoms with Crippen LogP contribution in [-0.2, 0) is 13.1 Å². The predicted octanol–water partition coefficient (Wildman–Crippen LogP) is 3.54. The van der Waals surface area contributed by atoms with Gasteiger partial charge in [0.1, 0.15) is 5.75 Å². The molecule has 0 spiro atoms. The molecule has 0 fully saturated rings. The second-order valence-corrected chi connectivity index (χ2v) is 7.66. The maximum absolute atomic E-state index is 12.9. The van der Waals surface area contributed by atoms with Crippen LogP contribution in [0.1, 0.15) is 21.7 Å². The molecule has 0 atom stereocenters. The van der Waals surface area contributed by atoms with Crippen LogP contribution in [-0.4, -0.2) is 27.8 Å². The van der Waals surface area contributed by atoms with Crippen molar-refractivity contribution in [1.82, 2.24) is 20.1 Å². The molecule has 8 heteroatoms. The molecule has 0 saturated carbocycles. The predicted molar refractivity (Wildman–Crippen MR) is 121 cm³/mol. The molecule has 2 aromatic carbocycles. The summed E-state index contributed by atoms with van der Waals surface area (Å²) in [7, 11) is 1.55. The van der Waals surface area contributed by atoms with Crippen LogP contribution in [0.4, 0.5) is 0 Å². The van der Waals surface area contributed by atoms with Gasteiger partial charge in [-0.25, -0.2) is 4.68 Å². The molecule has 1 N–H and O–H groups in total. The number of methoxy groups -OCH3 is 1. The highest BCUT2D eigenvalue weighted by Crippen LogP contribution is 2.22.